The van der Waals surface area contributed by atoms with Crippen molar-refractivity contribution in [3.63, 3.8) is 0 Å². The van der Waals surface area contributed by atoms with Gasteiger partial charge in [0, 0.05) is 24.2 Å². The van der Waals surface area contributed by atoms with E-state index in [1.54, 1.807) is 18.9 Å². The van der Waals surface area contributed by atoms with Crippen LogP contribution in [-0.4, -0.2) is 23.9 Å². The normalized spacial score (nSPS) is 11.8. The van der Waals surface area contributed by atoms with Crippen LogP contribution in [0.25, 0.3) is 0 Å². The Morgan fingerprint density at radius 1 is 1.22 bits per heavy atom. The molecule has 4 nitrogen and oxygen atoms in total. The maximum Gasteiger partial charge on any atom is 0.239 e. The average Bonchev–Trinajstić information content (AvgIpc) is 2.54. The van der Waals surface area contributed by atoms with Crippen molar-refractivity contribution in [3.8, 4) is 5.75 Å². The van der Waals surface area contributed by atoms with Crippen molar-refractivity contribution in [2.45, 2.75) is 26.1 Å². The van der Waals surface area contributed by atoms with E-state index >= 15 is 0 Å². The number of nitrogens with two attached hydrogens (primary N) is 1. The van der Waals surface area contributed by atoms with Crippen LogP contribution in [0.4, 0.5) is 0 Å². The van der Waals surface area contributed by atoms with Crippen LogP contribution in [-0.2, 0) is 17.9 Å². The van der Waals surface area contributed by atoms with Crippen LogP contribution < -0.4 is 10.5 Å². The number of nitrogens with zero attached hydrogens (tertiary/aromatic N) is 1. The molecule has 0 fully saturated rings. The van der Waals surface area contributed by atoms with Crippen LogP contribution in [0.1, 0.15) is 18.1 Å². The first-order valence-electron chi connectivity index (χ1n) is 7.43. The Bertz CT molecular complexity index is 656. The monoisotopic (exact) mass is 332 g/mol. The first-order valence-corrected chi connectivity index (χ1v) is 7.81. The van der Waals surface area contributed by atoms with Crippen LogP contribution in [0.5, 0.6) is 5.75 Å². The van der Waals surface area contributed by atoms with E-state index in [2.05, 4.69) is 0 Å². The van der Waals surface area contributed by atoms with E-state index in [4.69, 9.17) is 22.1 Å². The van der Waals surface area contributed by atoms with Gasteiger partial charge < -0.3 is 15.4 Å². The minimum Gasteiger partial charge on any atom is -0.489 e. The summed E-state index contributed by atoms with van der Waals surface area (Å²) in [5.74, 6) is 0.680. The van der Waals surface area contributed by atoms with E-state index in [1.807, 2.05) is 48.5 Å². The largest absolute Gasteiger partial charge is 0.489 e. The number of likely N-dealkylation sites (N-methyl/N-ethyl adjacent to an activating group) is 1. The Morgan fingerprint density at radius 2 is 1.87 bits per heavy atom. The molecule has 0 radical (unpaired) electrons. The topological polar surface area (TPSA) is 55.6 Å². The molecule has 0 heterocycles. The lowest BCUT2D eigenvalue weighted by Crippen LogP contribution is -2.39. The lowest BCUT2D eigenvalue weighted by molar-refractivity contribution is -0.131. The highest BCUT2D eigenvalue weighted by Gasteiger charge is 2.13. The van der Waals surface area contributed by atoms with E-state index in [0.717, 1.165) is 16.9 Å². The van der Waals surface area contributed by atoms with Crippen LogP contribution >= 0.6 is 11.6 Å². The van der Waals surface area contributed by atoms with Crippen molar-refractivity contribution >= 4 is 17.5 Å². The Kier molecular flexibility index (Phi) is 6.02. The SMILES string of the molecule is CC(N)C(=O)N(C)Cc1ccc(OCc2ccccc2Cl)cc1. The Balaban J connectivity index is 1.92. The molecule has 2 aromatic rings. The fourth-order valence-electron chi connectivity index (χ4n) is 2.17. The van der Waals surface area contributed by atoms with Crippen molar-refractivity contribution in [1.82, 2.24) is 4.90 Å². The Hall–Kier alpha value is -2.04. The zero-order chi connectivity index (χ0) is 16.8. The number of hydrogen-bond donors (Lipinski definition) is 1. The molecule has 0 spiro atoms. The molecule has 122 valence electrons. The van der Waals surface area contributed by atoms with Crippen molar-refractivity contribution in [2.75, 3.05) is 7.05 Å². The minimum absolute atomic E-state index is 0.0796. The molecule has 1 amide bonds. The third-order valence-electron chi connectivity index (χ3n) is 3.46. The predicted octanol–water partition coefficient (Wildman–Crippen LogP) is 3.22. The highest BCUT2D eigenvalue weighted by Crippen LogP contribution is 2.19. The van der Waals surface area contributed by atoms with E-state index in [9.17, 15) is 4.79 Å². The lowest BCUT2D eigenvalue weighted by atomic mass is 10.2. The maximum atomic E-state index is 11.8. The van der Waals surface area contributed by atoms with Crippen LogP contribution in [0.15, 0.2) is 48.5 Å². The van der Waals surface area contributed by atoms with Gasteiger partial charge >= 0.3 is 0 Å². The summed E-state index contributed by atoms with van der Waals surface area (Å²) < 4.78 is 5.73. The number of ether oxygens (including phenoxy) is 1. The summed E-state index contributed by atoms with van der Waals surface area (Å²) in [6, 6.07) is 14.8. The van der Waals surface area contributed by atoms with E-state index in [-0.39, 0.29) is 5.91 Å². The van der Waals surface area contributed by atoms with Gasteiger partial charge in [0.2, 0.25) is 5.91 Å². The molecular weight excluding hydrogens is 312 g/mol. The van der Waals surface area contributed by atoms with Gasteiger partial charge in [0.25, 0.3) is 0 Å². The summed E-state index contributed by atoms with van der Waals surface area (Å²) >= 11 is 6.10. The first kappa shape index (κ1) is 17.3. The lowest BCUT2D eigenvalue weighted by Gasteiger charge is -2.19. The van der Waals surface area contributed by atoms with Crippen LogP contribution in [0.3, 0.4) is 0 Å². The second kappa shape index (κ2) is 7.99. The Labute approximate surface area is 141 Å². The summed E-state index contributed by atoms with van der Waals surface area (Å²) in [5.41, 5.74) is 7.56. The summed E-state index contributed by atoms with van der Waals surface area (Å²) in [4.78, 5) is 13.4. The highest BCUT2D eigenvalue weighted by atomic mass is 35.5. The van der Waals surface area contributed by atoms with Gasteiger partial charge in [-0.15, -0.1) is 0 Å². The number of carbonyl (C=O) groups is 1. The van der Waals surface area contributed by atoms with Gasteiger partial charge in [-0.3, -0.25) is 4.79 Å². The number of hydrogen-bond acceptors (Lipinski definition) is 3. The van der Waals surface area contributed by atoms with Crippen LogP contribution in [0.2, 0.25) is 5.02 Å². The minimum atomic E-state index is -0.488. The molecular formula is C18H21ClN2O2. The van der Waals surface area contributed by atoms with E-state index in [0.29, 0.717) is 18.2 Å². The number of amides is 1. The van der Waals surface area contributed by atoms with Gasteiger partial charge in [0.05, 0.1) is 6.04 Å². The molecule has 1 unspecified atom stereocenters. The summed E-state index contributed by atoms with van der Waals surface area (Å²) in [7, 11) is 1.74. The average molecular weight is 333 g/mol. The van der Waals surface area contributed by atoms with Gasteiger partial charge in [-0.1, -0.05) is 41.9 Å². The second-order valence-electron chi connectivity index (χ2n) is 5.51. The highest BCUT2D eigenvalue weighted by molar-refractivity contribution is 6.31. The fourth-order valence-corrected chi connectivity index (χ4v) is 2.36. The molecule has 0 aliphatic rings. The van der Waals surface area contributed by atoms with Gasteiger partial charge in [0.1, 0.15) is 12.4 Å². The van der Waals surface area contributed by atoms with E-state index in [1.165, 1.54) is 0 Å². The van der Waals surface area contributed by atoms with Crippen molar-refractivity contribution in [3.05, 3.63) is 64.7 Å². The standard InChI is InChI=1S/C18H21ClN2O2/c1-13(20)18(22)21(2)11-14-7-9-16(10-8-14)23-12-15-5-3-4-6-17(15)19/h3-10,13H,11-12,20H2,1-2H3. The molecule has 0 saturated heterocycles. The number of rotatable bonds is 6. The zero-order valence-electron chi connectivity index (χ0n) is 13.3. The Morgan fingerprint density at radius 3 is 2.48 bits per heavy atom. The molecule has 0 aliphatic heterocycles. The summed E-state index contributed by atoms with van der Waals surface area (Å²) in [5, 5.41) is 0.695. The smallest absolute Gasteiger partial charge is 0.239 e. The van der Waals surface area contributed by atoms with E-state index < -0.39 is 6.04 Å². The van der Waals surface area contributed by atoms with Crippen LogP contribution in [0, 0.1) is 0 Å². The molecule has 2 N–H and O–H groups in total. The first-order chi connectivity index (χ1) is 11.0. The zero-order valence-corrected chi connectivity index (χ0v) is 14.1. The van der Waals surface area contributed by atoms with Gasteiger partial charge in [-0.2, -0.15) is 0 Å². The quantitative estimate of drug-likeness (QED) is 0.883. The summed E-state index contributed by atoms with van der Waals surface area (Å²) in [6.45, 7) is 2.62. The van der Waals surface area contributed by atoms with Crippen molar-refractivity contribution in [2.24, 2.45) is 5.73 Å². The van der Waals surface area contributed by atoms with Crippen molar-refractivity contribution < 1.29 is 9.53 Å². The molecule has 2 aromatic carbocycles. The molecule has 1 atom stereocenters. The molecule has 0 aromatic heterocycles. The maximum absolute atomic E-state index is 11.8. The molecule has 23 heavy (non-hydrogen) atoms. The third kappa shape index (κ3) is 4.98. The number of halogens is 1. The fraction of sp³-hybridized carbons (Fsp3) is 0.278. The molecule has 0 bridgehead atoms. The number of carbonyl (C=O) groups excluding carboxylic acids is 1. The van der Waals surface area contributed by atoms with Gasteiger partial charge in [-0.25, -0.2) is 0 Å². The molecule has 5 heteroatoms. The predicted molar refractivity (Wildman–Crippen MR) is 92.3 cm³/mol. The number of benzene rings is 2. The molecule has 2 rings (SSSR count). The van der Waals surface area contributed by atoms with Gasteiger partial charge in [0.15, 0.2) is 0 Å². The van der Waals surface area contributed by atoms with Crippen molar-refractivity contribution in [1.29, 1.82) is 0 Å². The molecule has 0 saturated carbocycles. The third-order valence-corrected chi connectivity index (χ3v) is 3.83. The summed E-state index contributed by atoms with van der Waals surface area (Å²) in [6.07, 6.45) is 0. The van der Waals surface area contributed by atoms with Gasteiger partial charge in [-0.05, 0) is 30.7 Å². The molecule has 0 aliphatic carbocycles. The second-order valence-corrected chi connectivity index (χ2v) is 5.91.